The van der Waals surface area contributed by atoms with Crippen molar-refractivity contribution in [3.63, 3.8) is 0 Å². The summed E-state index contributed by atoms with van der Waals surface area (Å²) in [6, 6.07) is 2.64. The number of aromatic hydroxyl groups is 1. The smallest absolute Gasteiger partial charge is 0.339 e. The van der Waals surface area contributed by atoms with E-state index in [0.29, 0.717) is 17.6 Å². The van der Waals surface area contributed by atoms with Crippen molar-refractivity contribution in [1.29, 1.82) is 0 Å². The van der Waals surface area contributed by atoms with Crippen LogP contribution in [0.5, 0.6) is 5.75 Å². The van der Waals surface area contributed by atoms with Crippen LogP contribution in [-0.4, -0.2) is 22.2 Å². The topological polar surface area (TPSA) is 99.8 Å². The number of phenols is 1. The van der Waals surface area contributed by atoms with Crippen molar-refractivity contribution in [3.05, 3.63) is 39.2 Å². The summed E-state index contributed by atoms with van der Waals surface area (Å²) in [5, 5.41) is 23.5. The number of carboxylic acid groups (broad SMARTS) is 1. The van der Waals surface area contributed by atoms with Gasteiger partial charge in [-0.25, -0.2) is 4.79 Å². The zero-order valence-corrected chi connectivity index (χ0v) is 15.2. The molecule has 6 nitrogen and oxygen atoms in total. The molecular weight excluding hydrogens is 334 g/mol. The maximum absolute atomic E-state index is 12.4. The fourth-order valence-electron chi connectivity index (χ4n) is 3.69. The Morgan fingerprint density at radius 1 is 1.23 bits per heavy atom. The van der Waals surface area contributed by atoms with Crippen molar-refractivity contribution >= 4 is 16.9 Å². The van der Waals surface area contributed by atoms with Gasteiger partial charge in [0.15, 0.2) is 0 Å². The summed E-state index contributed by atoms with van der Waals surface area (Å²) >= 11 is 0. The highest BCUT2D eigenvalue weighted by Gasteiger charge is 2.23. The molecule has 6 heteroatoms. The van der Waals surface area contributed by atoms with Gasteiger partial charge in [-0.3, -0.25) is 4.79 Å². The largest absolute Gasteiger partial charge is 0.507 e. The van der Waals surface area contributed by atoms with Crippen molar-refractivity contribution in [2.45, 2.75) is 58.5 Å². The average molecular weight is 359 g/mol. The lowest BCUT2D eigenvalue weighted by molar-refractivity contribution is -0.140. The second kappa shape index (κ2) is 7.50. The molecular formula is C20H25NO5. The number of nitrogens with one attached hydrogen (secondary N) is 1. The molecule has 140 valence electrons. The Bertz CT molecular complexity index is 884. The van der Waals surface area contributed by atoms with E-state index >= 15 is 0 Å². The second-order valence-electron chi connectivity index (χ2n) is 7.39. The summed E-state index contributed by atoms with van der Waals surface area (Å²) in [5.41, 5.74) is 2.17. The Morgan fingerprint density at radius 3 is 2.58 bits per heavy atom. The van der Waals surface area contributed by atoms with E-state index in [1.54, 1.807) is 12.1 Å². The maximum atomic E-state index is 12.4. The van der Waals surface area contributed by atoms with E-state index in [1.165, 1.54) is 0 Å². The first-order chi connectivity index (χ1) is 12.4. The number of hydrogen-bond acceptors (Lipinski definition) is 5. The van der Waals surface area contributed by atoms with Gasteiger partial charge < -0.3 is 19.9 Å². The minimum absolute atomic E-state index is 0.00223. The van der Waals surface area contributed by atoms with Crippen LogP contribution >= 0.6 is 0 Å². The zero-order chi connectivity index (χ0) is 18.8. The molecule has 0 spiro atoms. The van der Waals surface area contributed by atoms with Gasteiger partial charge in [0.25, 0.3) is 0 Å². The molecule has 0 aliphatic heterocycles. The van der Waals surface area contributed by atoms with Crippen molar-refractivity contribution in [3.8, 4) is 5.75 Å². The highest BCUT2D eigenvalue weighted by atomic mass is 16.4. The van der Waals surface area contributed by atoms with Crippen molar-refractivity contribution in [2.24, 2.45) is 5.92 Å². The Labute approximate surface area is 151 Å². The average Bonchev–Trinajstić information content (AvgIpc) is 2.59. The van der Waals surface area contributed by atoms with Crippen LogP contribution in [-0.2, 0) is 24.2 Å². The number of aliphatic carboxylic acids is 1. The number of carbonyl (C=O) groups is 1. The van der Waals surface area contributed by atoms with E-state index in [0.717, 1.165) is 42.2 Å². The lowest BCUT2D eigenvalue weighted by atomic mass is 9.90. The van der Waals surface area contributed by atoms with Crippen molar-refractivity contribution < 1.29 is 19.4 Å². The van der Waals surface area contributed by atoms with E-state index in [2.05, 4.69) is 5.32 Å². The van der Waals surface area contributed by atoms with Gasteiger partial charge in [0.05, 0.1) is 5.56 Å². The fraction of sp³-hybridized carbons (Fsp3) is 0.500. The minimum Gasteiger partial charge on any atom is -0.507 e. The highest BCUT2D eigenvalue weighted by molar-refractivity contribution is 5.86. The standard InChI is InChI=1S/C20H25NO5/c1-11(2)9-16(19(23)24)21-10-15-17(22)8-7-13-12-5-3-4-6-14(12)20(25)26-18(13)15/h7-8,11,16,21-22H,3-6,9-10H2,1-2H3,(H,23,24). The van der Waals surface area contributed by atoms with Crippen LogP contribution in [0.15, 0.2) is 21.3 Å². The third-order valence-corrected chi connectivity index (χ3v) is 5.00. The first kappa shape index (κ1) is 18.5. The van der Waals surface area contributed by atoms with Crippen molar-refractivity contribution in [1.82, 2.24) is 5.32 Å². The summed E-state index contributed by atoms with van der Waals surface area (Å²) in [6.45, 7) is 4.03. The maximum Gasteiger partial charge on any atom is 0.339 e. The molecule has 1 unspecified atom stereocenters. The van der Waals surface area contributed by atoms with Gasteiger partial charge in [0.1, 0.15) is 17.4 Å². The molecule has 3 N–H and O–H groups in total. The number of benzene rings is 1. The van der Waals surface area contributed by atoms with Crippen LogP contribution in [0.25, 0.3) is 11.0 Å². The van der Waals surface area contributed by atoms with Crippen LogP contribution in [0, 0.1) is 5.92 Å². The molecule has 1 heterocycles. The third-order valence-electron chi connectivity index (χ3n) is 5.00. The number of phenolic OH excluding ortho intramolecular Hbond substituents is 1. The van der Waals surface area contributed by atoms with Gasteiger partial charge in [-0.1, -0.05) is 13.8 Å². The van der Waals surface area contributed by atoms with Gasteiger partial charge in [-0.15, -0.1) is 0 Å². The molecule has 0 fully saturated rings. The van der Waals surface area contributed by atoms with Crippen LogP contribution in [0.3, 0.4) is 0 Å². The number of aryl methyl sites for hydroxylation is 1. The Kier molecular flexibility index (Phi) is 5.32. The number of rotatable bonds is 6. The van der Waals surface area contributed by atoms with E-state index in [-0.39, 0.29) is 23.8 Å². The van der Waals surface area contributed by atoms with E-state index in [4.69, 9.17) is 4.42 Å². The molecule has 1 atom stereocenters. The minimum atomic E-state index is -0.933. The van der Waals surface area contributed by atoms with Crippen LogP contribution in [0.1, 0.15) is 49.8 Å². The summed E-state index contributed by atoms with van der Waals surface area (Å²) in [6.07, 6.45) is 4.01. The normalized spacial score (nSPS) is 15.2. The SMILES string of the molecule is CC(C)CC(NCc1c(O)ccc2c3c(c(=O)oc12)CCCC3)C(=O)O. The van der Waals surface area contributed by atoms with Crippen molar-refractivity contribution in [2.75, 3.05) is 0 Å². The zero-order valence-electron chi connectivity index (χ0n) is 15.2. The van der Waals surface area contributed by atoms with E-state index in [9.17, 15) is 19.8 Å². The summed E-state index contributed by atoms with van der Waals surface area (Å²) in [5.74, 6) is -0.718. The molecule has 1 aliphatic carbocycles. The molecule has 0 saturated carbocycles. The van der Waals surface area contributed by atoms with Gasteiger partial charge in [-0.2, -0.15) is 0 Å². The van der Waals surface area contributed by atoms with E-state index < -0.39 is 12.0 Å². The third kappa shape index (κ3) is 3.60. The van der Waals surface area contributed by atoms with Crippen LogP contribution in [0.2, 0.25) is 0 Å². The van der Waals surface area contributed by atoms with E-state index in [1.807, 2.05) is 13.8 Å². The van der Waals surface area contributed by atoms with Gasteiger partial charge in [-0.05, 0) is 55.7 Å². The molecule has 0 saturated heterocycles. The molecule has 26 heavy (non-hydrogen) atoms. The molecule has 3 rings (SSSR count). The number of hydrogen-bond donors (Lipinski definition) is 3. The highest BCUT2D eigenvalue weighted by Crippen LogP contribution is 2.32. The Balaban J connectivity index is 2.00. The molecule has 0 bridgehead atoms. The quantitative estimate of drug-likeness (QED) is 0.686. The van der Waals surface area contributed by atoms with Gasteiger partial charge in [0.2, 0.25) is 0 Å². The molecule has 1 aromatic heterocycles. The molecule has 0 radical (unpaired) electrons. The number of carboxylic acids is 1. The predicted molar refractivity (Wildman–Crippen MR) is 98.5 cm³/mol. The first-order valence-corrected chi connectivity index (χ1v) is 9.14. The van der Waals surface area contributed by atoms with Gasteiger partial charge >= 0.3 is 11.6 Å². The molecule has 0 amide bonds. The molecule has 1 aliphatic rings. The Morgan fingerprint density at radius 2 is 1.92 bits per heavy atom. The summed E-state index contributed by atoms with van der Waals surface area (Å²) < 4.78 is 5.54. The fourth-order valence-corrected chi connectivity index (χ4v) is 3.69. The summed E-state index contributed by atoms with van der Waals surface area (Å²) in [4.78, 5) is 23.8. The van der Waals surface area contributed by atoms with Crippen LogP contribution in [0.4, 0.5) is 0 Å². The van der Waals surface area contributed by atoms with Gasteiger partial charge in [0, 0.05) is 17.5 Å². The van der Waals surface area contributed by atoms with Crippen LogP contribution < -0.4 is 10.9 Å². The lowest BCUT2D eigenvalue weighted by Crippen LogP contribution is -2.37. The second-order valence-corrected chi connectivity index (χ2v) is 7.39. The summed E-state index contributed by atoms with van der Waals surface area (Å²) in [7, 11) is 0. The molecule has 2 aromatic rings. The lowest BCUT2D eigenvalue weighted by Gasteiger charge is -2.19. The monoisotopic (exact) mass is 359 g/mol. The number of fused-ring (bicyclic) bond motifs is 3. The predicted octanol–water partition coefficient (Wildman–Crippen LogP) is 2.97. The Hall–Kier alpha value is -2.34. The first-order valence-electron chi connectivity index (χ1n) is 9.14. The molecule has 1 aromatic carbocycles.